The average Bonchev–Trinajstić information content (AvgIpc) is 3.38. The number of fused-ring (bicyclic) bond motifs is 2. The monoisotopic (exact) mass is 728 g/mol. The average molecular weight is 729 g/mol. The van der Waals surface area contributed by atoms with Gasteiger partial charge in [0.25, 0.3) is 17.4 Å². The quantitative estimate of drug-likeness (QED) is 0.221. The standard InChI is InChI=1S/C40H36N6O8/c1-43-17-29(25-11-12-41-16-28(25)37(43)50)24-14-32(53-2)30(33(15-24)54-3)18-44-19-40(20-44)21-45(22-40)35(48)6-4-5-23-7-8-26-27(13-23)39(52)46(38(26)51)31-9-10-34(47)42-36(31)49/h7-8,11-17,31H,6,9-10,18-22H2,1-3H3,(H,42,47,49). The predicted octanol–water partition coefficient (Wildman–Crippen LogP) is 2.10. The van der Waals surface area contributed by atoms with Crippen LogP contribution in [-0.2, 0) is 28.0 Å². The van der Waals surface area contributed by atoms with Gasteiger partial charge in [0.15, 0.2) is 0 Å². The number of hydrogen-bond donors (Lipinski definition) is 1. The summed E-state index contributed by atoms with van der Waals surface area (Å²) in [6.07, 6.45) is 5.19. The number of piperidine rings is 1. The summed E-state index contributed by atoms with van der Waals surface area (Å²) in [5, 5.41) is 3.51. The van der Waals surface area contributed by atoms with Gasteiger partial charge in [-0.3, -0.25) is 48.9 Å². The van der Waals surface area contributed by atoms with E-state index in [9.17, 15) is 28.8 Å². The maximum absolute atomic E-state index is 13.1. The third kappa shape index (κ3) is 5.86. The van der Waals surface area contributed by atoms with Crippen molar-refractivity contribution in [1.29, 1.82) is 0 Å². The molecule has 54 heavy (non-hydrogen) atoms. The normalized spacial score (nSPS) is 18.8. The number of hydrogen-bond acceptors (Lipinski definition) is 10. The molecule has 4 aliphatic heterocycles. The molecule has 14 nitrogen and oxygen atoms in total. The van der Waals surface area contributed by atoms with E-state index in [1.807, 2.05) is 24.4 Å². The lowest BCUT2D eigenvalue weighted by atomic mass is 9.72. The molecule has 5 amide bonds. The molecule has 1 spiro atoms. The Bertz CT molecular complexity index is 2410. The second-order valence-electron chi connectivity index (χ2n) is 14.3. The third-order valence-electron chi connectivity index (χ3n) is 10.7. The first-order chi connectivity index (χ1) is 26.0. The molecule has 3 fully saturated rings. The number of amides is 5. The zero-order valence-corrected chi connectivity index (χ0v) is 29.9. The molecule has 4 aromatic rings. The summed E-state index contributed by atoms with van der Waals surface area (Å²) in [4.78, 5) is 84.8. The van der Waals surface area contributed by atoms with Gasteiger partial charge in [0, 0.05) is 81.3 Å². The van der Waals surface area contributed by atoms with E-state index in [2.05, 4.69) is 27.0 Å². The molecule has 1 atom stereocenters. The maximum atomic E-state index is 13.1. The highest BCUT2D eigenvalue weighted by Gasteiger charge is 2.53. The van der Waals surface area contributed by atoms with Crippen LogP contribution in [0.25, 0.3) is 21.9 Å². The number of pyridine rings is 2. The minimum atomic E-state index is -1.04. The Morgan fingerprint density at radius 1 is 0.926 bits per heavy atom. The Labute approximate surface area is 309 Å². The van der Waals surface area contributed by atoms with Crippen LogP contribution in [0.4, 0.5) is 0 Å². The van der Waals surface area contributed by atoms with Crippen LogP contribution in [0.5, 0.6) is 11.5 Å². The zero-order chi connectivity index (χ0) is 37.9. The van der Waals surface area contributed by atoms with Gasteiger partial charge < -0.3 is 18.9 Å². The van der Waals surface area contributed by atoms with Gasteiger partial charge >= 0.3 is 0 Å². The van der Waals surface area contributed by atoms with Gasteiger partial charge in [0.05, 0.1) is 42.7 Å². The smallest absolute Gasteiger partial charge is 0.262 e. The van der Waals surface area contributed by atoms with Crippen LogP contribution in [0.15, 0.2) is 59.8 Å². The number of carbonyl (C=O) groups excluding carboxylic acids is 5. The minimum Gasteiger partial charge on any atom is -0.496 e. The fourth-order valence-electron chi connectivity index (χ4n) is 8.10. The van der Waals surface area contributed by atoms with Crippen LogP contribution < -0.4 is 20.3 Å². The lowest BCUT2D eigenvalue weighted by molar-refractivity contribution is -0.158. The van der Waals surface area contributed by atoms with Crippen molar-refractivity contribution in [1.82, 2.24) is 29.6 Å². The molecule has 3 saturated heterocycles. The molecule has 0 aliphatic carbocycles. The Kier molecular flexibility index (Phi) is 8.53. The highest BCUT2D eigenvalue weighted by molar-refractivity contribution is 6.23. The molecule has 2 aromatic carbocycles. The molecule has 0 radical (unpaired) electrons. The molecule has 14 heteroatoms. The topological polar surface area (TPSA) is 160 Å². The Morgan fingerprint density at radius 2 is 1.65 bits per heavy atom. The van der Waals surface area contributed by atoms with E-state index in [1.54, 1.807) is 49.2 Å². The first kappa shape index (κ1) is 34.7. The number of nitrogens with one attached hydrogen (secondary N) is 1. The highest BCUT2D eigenvalue weighted by atomic mass is 16.5. The van der Waals surface area contributed by atoms with E-state index in [0.29, 0.717) is 42.1 Å². The second-order valence-corrected chi connectivity index (χ2v) is 14.3. The van der Waals surface area contributed by atoms with Crippen molar-refractivity contribution in [3.8, 4) is 34.5 Å². The maximum Gasteiger partial charge on any atom is 0.262 e. The van der Waals surface area contributed by atoms with Crippen LogP contribution in [0.1, 0.15) is 51.1 Å². The van der Waals surface area contributed by atoms with Crippen molar-refractivity contribution in [2.75, 3.05) is 40.4 Å². The lowest BCUT2D eigenvalue weighted by Gasteiger charge is -2.60. The van der Waals surface area contributed by atoms with E-state index in [0.717, 1.165) is 40.1 Å². The number of methoxy groups -OCH3 is 2. The number of aryl methyl sites for hydroxylation is 1. The van der Waals surface area contributed by atoms with Crippen molar-refractivity contribution in [3.63, 3.8) is 0 Å². The summed E-state index contributed by atoms with van der Waals surface area (Å²) in [5.41, 5.74) is 3.32. The van der Waals surface area contributed by atoms with Gasteiger partial charge in [-0.1, -0.05) is 11.8 Å². The summed E-state index contributed by atoms with van der Waals surface area (Å²) in [7, 11) is 4.97. The number of benzene rings is 2. The zero-order valence-electron chi connectivity index (χ0n) is 29.9. The molecule has 2 aromatic heterocycles. The summed E-state index contributed by atoms with van der Waals surface area (Å²) in [6, 6.07) is 9.34. The third-order valence-corrected chi connectivity index (χ3v) is 10.7. The molecular formula is C40H36N6O8. The molecule has 274 valence electrons. The molecule has 4 aliphatic rings. The van der Waals surface area contributed by atoms with Gasteiger partial charge in [-0.05, 0) is 53.8 Å². The van der Waals surface area contributed by atoms with Crippen LogP contribution in [0, 0.1) is 17.3 Å². The Balaban J connectivity index is 0.876. The number of likely N-dealkylation sites (tertiary alicyclic amines) is 2. The van der Waals surface area contributed by atoms with Crippen molar-refractivity contribution in [3.05, 3.63) is 87.6 Å². The number of ether oxygens (including phenoxy) is 2. The summed E-state index contributed by atoms with van der Waals surface area (Å²) in [5.74, 6) is 4.82. The van der Waals surface area contributed by atoms with Gasteiger partial charge in [-0.2, -0.15) is 0 Å². The number of nitrogens with zero attached hydrogens (tertiary/aromatic N) is 5. The van der Waals surface area contributed by atoms with Crippen LogP contribution in [0.3, 0.4) is 0 Å². The Hall–Kier alpha value is -6.33. The molecule has 0 bridgehead atoms. The molecule has 8 rings (SSSR count). The first-order valence-electron chi connectivity index (χ1n) is 17.5. The van der Waals surface area contributed by atoms with Gasteiger partial charge in [-0.25, -0.2) is 0 Å². The second kappa shape index (κ2) is 13.3. The number of carbonyl (C=O) groups is 5. The van der Waals surface area contributed by atoms with E-state index in [-0.39, 0.29) is 47.3 Å². The molecule has 1 unspecified atom stereocenters. The highest BCUT2D eigenvalue weighted by Crippen LogP contribution is 2.43. The predicted molar refractivity (Wildman–Crippen MR) is 194 cm³/mol. The van der Waals surface area contributed by atoms with Crippen molar-refractivity contribution in [2.24, 2.45) is 12.5 Å². The summed E-state index contributed by atoms with van der Waals surface area (Å²) in [6.45, 7) is 3.50. The molecule has 1 N–H and O–H groups in total. The number of aromatic nitrogens is 2. The van der Waals surface area contributed by atoms with Crippen molar-refractivity contribution >= 4 is 40.3 Å². The van der Waals surface area contributed by atoms with Gasteiger partial charge in [-0.15, -0.1) is 0 Å². The SMILES string of the molecule is COc1cc(-c2cn(C)c(=O)c3cnccc23)cc(OC)c1CN1CC2(C1)CN(C(=O)CC#Cc1ccc3c(c1)C(=O)N(C1CCC(=O)NC1=O)C3=O)C2. The largest absolute Gasteiger partial charge is 0.496 e. The van der Waals surface area contributed by atoms with Crippen LogP contribution in [0.2, 0.25) is 0 Å². The number of rotatable bonds is 7. The first-order valence-corrected chi connectivity index (χ1v) is 17.5. The van der Waals surface area contributed by atoms with E-state index < -0.39 is 29.7 Å². The summed E-state index contributed by atoms with van der Waals surface area (Å²) >= 11 is 0. The lowest BCUT2D eigenvalue weighted by Crippen LogP contribution is -2.72. The molecular weight excluding hydrogens is 692 g/mol. The minimum absolute atomic E-state index is 0.00821. The van der Waals surface area contributed by atoms with Gasteiger partial charge in [0.2, 0.25) is 17.7 Å². The van der Waals surface area contributed by atoms with Gasteiger partial charge in [0.1, 0.15) is 17.5 Å². The van der Waals surface area contributed by atoms with E-state index in [1.165, 1.54) is 12.1 Å². The Morgan fingerprint density at radius 3 is 2.35 bits per heavy atom. The van der Waals surface area contributed by atoms with Crippen LogP contribution >= 0.6 is 0 Å². The van der Waals surface area contributed by atoms with E-state index in [4.69, 9.17) is 9.47 Å². The van der Waals surface area contributed by atoms with Crippen molar-refractivity contribution < 1.29 is 33.4 Å². The molecule has 0 saturated carbocycles. The van der Waals surface area contributed by atoms with E-state index >= 15 is 0 Å². The fraction of sp³-hybridized carbons (Fsp3) is 0.325. The fourth-order valence-corrected chi connectivity index (χ4v) is 8.10. The molecule has 6 heterocycles. The summed E-state index contributed by atoms with van der Waals surface area (Å²) < 4.78 is 13.3. The van der Waals surface area contributed by atoms with Crippen LogP contribution in [-0.4, -0.2) is 100 Å². The number of imide groups is 2. The van der Waals surface area contributed by atoms with Crippen molar-refractivity contribution in [2.45, 2.75) is 31.8 Å².